The largest absolute Gasteiger partial charge is 0.507 e. The summed E-state index contributed by atoms with van der Waals surface area (Å²) in [6.07, 6.45) is 3.68. The van der Waals surface area contributed by atoms with Crippen LogP contribution >= 0.6 is 0 Å². The van der Waals surface area contributed by atoms with Crippen molar-refractivity contribution in [3.63, 3.8) is 0 Å². The number of aromatic nitrogens is 1. The highest BCUT2D eigenvalue weighted by Gasteiger charge is 2.50. The molecule has 4 bridgehead atoms. The third-order valence-electron chi connectivity index (χ3n) is 12.8. The van der Waals surface area contributed by atoms with E-state index in [0.29, 0.717) is 5.69 Å². The van der Waals surface area contributed by atoms with Crippen molar-refractivity contribution in [2.45, 2.75) is 106 Å². The SMILES string of the molecule is COC1/C=C/OC2(C)Oc3c(C)c(O)c4c(O)c(c5c(C(C)=O)c(C)n(Cc6ccccc6)c5c4c3C2=O)NC(=O)/C(C)=C/C=C\C(C)C(O)C(C)C(O)C(C)C(OC(C)=O)C1C. The number of amides is 1. The molecule has 0 saturated carbocycles. The van der Waals surface area contributed by atoms with Gasteiger partial charge in [-0.05, 0) is 39.3 Å². The van der Waals surface area contributed by atoms with Crippen molar-refractivity contribution in [1.82, 2.24) is 4.57 Å². The fourth-order valence-corrected chi connectivity index (χ4v) is 9.11. The van der Waals surface area contributed by atoms with Crippen LogP contribution in [0.4, 0.5) is 5.69 Å². The third kappa shape index (κ3) is 8.34. The number of phenols is 2. The van der Waals surface area contributed by atoms with Crippen molar-refractivity contribution in [3.8, 4) is 17.2 Å². The molecule has 0 fully saturated rings. The number of hydrogen-bond acceptors (Lipinski definition) is 12. The van der Waals surface area contributed by atoms with Crippen LogP contribution in [0.15, 0.2) is 66.5 Å². The minimum atomic E-state index is -2.03. The number of Topliss-reactive ketones (excluding diaryl/α,β-unsaturated/α-hetero) is 2. The van der Waals surface area contributed by atoms with Crippen LogP contribution in [-0.2, 0) is 30.3 Å². The molecule has 3 heterocycles. The van der Waals surface area contributed by atoms with Gasteiger partial charge in [0.05, 0.1) is 46.7 Å². The number of anilines is 1. The number of aliphatic hydroxyl groups is 2. The number of methoxy groups -OCH3 is 1. The number of allylic oxidation sites excluding steroid dienone is 2. The summed E-state index contributed by atoms with van der Waals surface area (Å²) in [4.78, 5) is 55.2. The zero-order valence-corrected chi connectivity index (χ0v) is 37.6. The van der Waals surface area contributed by atoms with Crippen molar-refractivity contribution in [1.29, 1.82) is 0 Å². The number of ketones is 2. The molecule has 63 heavy (non-hydrogen) atoms. The molecule has 0 spiro atoms. The van der Waals surface area contributed by atoms with Crippen LogP contribution < -0.4 is 10.1 Å². The minimum absolute atomic E-state index is 0.0103. The first-order valence-corrected chi connectivity index (χ1v) is 21.1. The predicted molar refractivity (Wildman–Crippen MR) is 238 cm³/mol. The maximum Gasteiger partial charge on any atom is 0.312 e. The molecular weight excluding hydrogens is 809 g/mol. The highest BCUT2D eigenvalue weighted by Crippen LogP contribution is 2.55. The highest BCUT2D eigenvalue weighted by molar-refractivity contribution is 6.31. The van der Waals surface area contributed by atoms with E-state index in [1.165, 1.54) is 53.2 Å². The normalized spacial score (nSPS) is 28.9. The molecular formula is C49H58N2O12. The van der Waals surface area contributed by atoms with Crippen LogP contribution in [0.2, 0.25) is 0 Å². The lowest BCUT2D eigenvalue weighted by molar-refractivity contribution is -0.160. The number of rotatable bonds is 5. The van der Waals surface area contributed by atoms with Gasteiger partial charge in [-0.15, -0.1) is 0 Å². The van der Waals surface area contributed by atoms with E-state index in [1.807, 2.05) is 34.9 Å². The Kier molecular flexibility index (Phi) is 13.3. The molecule has 9 unspecified atom stereocenters. The van der Waals surface area contributed by atoms with Crippen LogP contribution in [0, 0.1) is 37.5 Å². The molecule has 2 aliphatic heterocycles. The molecule has 336 valence electrons. The van der Waals surface area contributed by atoms with E-state index < -0.39 is 83.0 Å². The topological polar surface area (TPSA) is 203 Å². The summed E-state index contributed by atoms with van der Waals surface area (Å²) in [5.41, 5.74) is 1.90. The van der Waals surface area contributed by atoms with Gasteiger partial charge in [0.15, 0.2) is 11.5 Å². The first-order chi connectivity index (χ1) is 29.7. The number of esters is 1. The molecule has 3 aromatic carbocycles. The summed E-state index contributed by atoms with van der Waals surface area (Å²) in [6, 6.07) is 9.40. The van der Waals surface area contributed by atoms with Gasteiger partial charge in [0.25, 0.3) is 11.7 Å². The predicted octanol–water partition coefficient (Wildman–Crippen LogP) is 7.56. The highest BCUT2D eigenvalue weighted by atomic mass is 16.7. The molecule has 4 aromatic rings. The van der Waals surface area contributed by atoms with E-state index in [0.717, 1.165) is 5.56 Å². The Morgan fingerprint density at radius 3 is 2.17 bits per heavy atom. The molecule has 6 rings (SSSR count). The summed E-state index contributed by atoms with van der Waals surface area (Å²) in [7, 11) is 1.45. The average Bonchev–Trinajstić information content (AvgIpc) is 3.68. The lowest BCUT2D eigenvalue weighted by Crippen LogP contribution is -2.46. The van der Waals surface area contributed by atoms with E-state index in [9.17, 15) is 39.6 Å². The Morgan fingerprint density at radius 1 is 0.889 bits per heavy atom. The van der Waals surface area contributed by atoms with Crippen LogP contribution in [0.25, 0.3) is 21.7 Å². The Hall–Kier alpha value is -5.96. The van der Waals surface area contributed by atoms with Gasteiger partial charge in [0.2, 0.25) is 0 Å². The monoisotopic (exact) mass is 866 g/mol. The fraction of sp³-hybridized carbons (Fsp3) is 0.429. The lowest BCUT2D eigenvalue weighted by Gasteiger charge is -2.38. The summed E-state index contributed by atoms with van der Waals surface area (Å²) in [6.45, 7) is 16.0. The second-order valence-electron chi connectivity index (χ2n) is 17.2. The van der Waals surface area contributed by atoms with E-state index in [-0.39, 0.29) is 67.7 Å². The number of nitrogens with one attached hydrogen (secondary N) is 1. The first-order valence-electron chi connectivity index (χ1n) is 21.1. The van der Waals surface area contributed by atoms with E-state index in [1.54, 1.807) is 53.7 Å². The van der Waals surface area contributed by atoms with Gasteiger partial charge in [-0.25, -0.2) is 0 Å². The van der Waals surface area contributed by atoms with Gasteiger partial charge < -0.3 is 49.3 Å². The van der Waals surface area contributed by atoms with Crippen LogP contribution in [0.5, 0.6) is 17.2 Å². The Morgan fingerprint density at radius 2 is 1.56 bits per heavy atom. The van der Waals surface area contributed by atoms with Gasteiger partial charge in [-0.3, -0.25) is 19.2 Å². The van der Waals surface area contributed by atoms with Crippen molar-refractivity contribution < 1.29 is 58.6 Å². The van der Waals surface area contributed by atoms with Crippen LogP contribution in [-0.4, -0.2) is 85.7 Å². The van der Waals surface area contributed by atoms with E-state index in [2.05, 4.69) is 5.32 Å². The molecule has 0 aliphatic carbocycles. The zero-order valence-electron chi connectivity index (χ0n) is 37.6. The Labute approximate surface area is 366 Å². The van der Waals surface area contributed by atoms with Gasteiger partial charge in [-0.2, -0.15) is 0 Å². The zero-order chi connectivity index (χ0) is 46.4. The van der Waals surface area contributed by atoms with Gasteiger partial charge in [0.1, 0.15) is 17.6 Å². The number of carbonyl (C=O) groups excluding carboxylic acids is 4. The number of benzene rings is 3. The number of ether oxygens (including phenoxy) is 4. The summed E-state index contributed by atoms with van der Waals surface area (Å²) in [5, 5.41) is 50.2. The molecule has 1 amide bonds. The average molecular weight is 867 g/mol. The summed E-state index contributed by atoms with van der Waals surface area (Å²) < 4.78 is 25.9. The maximum atomic E-state index is 14.9. The smallest absolute Gasteiger partial charge is 0.312 e. The van der Waals surface area contributed by atoms with Gasteiger partial charge in [-0.1, -0.05) is 76.3 Å². The molecule has 9 atom stereocenters. The standard InChI is InChI=1S/C49H58N2O12/c1-23-16-15-17-24(2)48(59)50-39-36-34(30(8)52)29(7)51(22-32-18-13-12-14-19-32)40(36)35-37(44(39)57)43(56)28(6)46-38(35)47(58)49(10,63-46)61-21-20-33(60-11)25(3)45(62-31(9)53)27(5)42(55)26(4)41(23)54/h12-21,23,25-27,33,41-42,45,54-57H,22H2,1-11H3,(H,50,59)/b16-15-,21-20+,24-17+. The van der Waals surface area contributed by atoms with Crippen molar-refractivity contribution in [2.24, 2.45) is 23.7 Å². The quantitative estimate of drug-likeness (QED) is 0.0750. The second-order valence-corrected chi connectivity index (χ2v) is 17.2. The van der Waals surface area contributed by atoms with Crippen molar-refractivity contribution in [3.05, 3.63) is 94.4 Å². The number of carbonyl (C=O) groups is 4. The first kappa shape index (κ1) is 46.5. The molecule has 1 aromatic heterocycles. The molecule has 14 heteroatoms. The summed E-state index contributed by atoms with van der Waals surface area (Å²) >= 11 is 0. The van der Waals surface area contributed by atoms with Crippen molar-refractivity contribution >= 4 is 50.8 Å². The van der Waals surface area contributed by atoms with Gasteiger partial charge >= 0.3 is 11.8 Å². The Balaban J connectivity index is 1.65. The second kappa shape index (κ2) is 18.0. The van der Waals surface area contributed by atoms with E-state index >= 15 is 0 Å². The lowest BCUT2D eigenvalue weighted by atomic mass is 9.78. The molecule has 2 aliphatic rings. The minimum Gasteiger partial charge on any atom is -0.507 e. The molecule has 0 radical (unpaired) electrons. The number of phenolic OH excluding ortho intramolecular Hbond substituents is 2. The number of hydrogen-bond donors (Lipinski definition) is 5. The maximum absolute atomic E-state index is 14.9. The van der Waals surface area contributed by atoms with Crippen LogP contribution in [0.1, 0.15) is 92.9 Å². The Bertz CT molecular complexity index is 2570. The van der Waals surface area contributed by atoms with Crippen LogP contribution in [0.3, 0.4) is 0 Å². The number of aliphatic hydroxyl groups excluding tert-OH is 2. The fourth-order valence-electron chi connectivity index (χ4n) is 9.11. The number of nitrogens with zero attached hydrogens (tertiary/aromatic N) is 1. The molecule has 5 N–H and O–H groups in total. The number of aromatic hydroxyl groups is 2. The third-order valence-corrected chi connectivity index (χ3v) is 12.8. The van der Waals surface area contributed by atoms with Crippen molar-refractivity contribution in [2.75, 3.05) is 12.4 Å². The van der Waals surface area contributed by atoms with Gasteiger partial charge in [0, 0.05) is 84.3 Å². The number of fused-ring (bicyclic) bond motifs is 1. The molecule has 14 nitrogen and oxygen atoms in total. The summed E-state index contributed by atoms with van der Waals surface area (Å²) in [5.74, 6) is -7.82. The molecule has 0 saturated heterocycles. The van der Waals surface area contributed by atoms with E-state index in [4.69, 9.17) is 18.9 Å².